The summed E-state index contributed by atoms with van der Waals surface area (Å²) in [5, 5.41) is 12.5. The van der Waals surface area contributed by atoms with Crippen molar-refractivity contribution in [3.63, 3.8) is 0 Å². The standard InChI is InChI=1S/C15H28N2O2/c1-14(2)6-4-9-17(10-8-14)12-5-7-15(11-12,16-3)13(18)19/h12,16H,4-11H2,1-3H3,(H,18,19). The summed E-state index contributed by atoms with van der Waals surface area (Å²) in [5.74, 6) is -0.687. The Labute approximate surface area is 116 Å². The molecule has 0 spiro atoms. The summed E-state index contributed by atoms with van der Waals surface area (Å²) in [4.78, 5) is 14.0. The molecule has 4 heteroatoms. The van der Waals surface area contributed by atoms with Crippen LogP contribution in [0.3, 0.4) is 0 Å². The Hall–Kier alpha value is -0.610. The van der Waals surface area contributed by atoms with Gasteiger partial charge in [0.1, 0.15) is 5.54 Å². The Morgan fingerprint density at radius 2 is 2.00 bits per heavy atom. The van der Waals surface area contributed by atoms with Gasteiger partial charge in [-0.05, 0) is 64.1 Å². The lowest BCUT2D eigenvalue weighted by Gasteiger charge is -2.30. The summed E-state index contributed by atoms with van der Waals surface area (Å²) in [7, 11) is 1.78. The Kier molecular flexibility index (Phi) is 4.21. The summed E-state index contributed by atoms with van der Waals surface area (Å²) in [5.41, 5.74) is -0.243. The van der Waals surface area contributed by atoms with Gasteiger partial charge in [0, 0.05) is 6.04 Å². The van der Waals surface area contributed by atoms with E-state index in [-0.39, 0.29) is 0 Å². The summed E-state index contributed by atoms with van der Waals surface area (Å²) < 4.78 is 0. The normalized spacial score (nSPS) is 36.1. The fourth-order valence-corrected chi connectivity index (χ4v) is 3.67. The van der Waals surface area contributed by atoms with Gasteiger partial charge in [0.25, 0.3) is 0 Å². The topological polar surface area (TPSA) is 52.6 Å². The summed E-state index contributed by atoms with van der Waals surface area (Å²) >= 11 is 0. The molecule has 0 amide bonds. The monoisotopic (exact) mass is 268 g/mol. The van der Waals surface area contributed by atoms with E-state index in [0.717, 1.165) is 32.4 Å². The van der Waals surface area contributed by atoms with Crippen molar-refractivity contribution in [2.24, 2.45) is 5.41 Å². The number of likely N-dealkylation sites (tertiary alicyclic amines) is 1. The minimum absolute atomic E-state index is 0.442. The van der Waals surface area contributed by atoms with Crippen LogP contribution in [0.25, 0.3) is 0 Å². The summed E-state index contributed by atoms with van der Waals surface area (Å²) in [6.45, 7) is 6.95. The van der Waals surface area contributed by atoms with E-state index in [1.54, 1.807) is 7.05 Å². The number of hydrogen-bond donors (Lipinski definition) is 2. The Morgan fingerprint density at radius 1 is 1.26 bits per heavy atom. The molecule has 0 radical (unpaired) electrons. The molecule has 1 aliphatic carbocycles. The summed E-state index contributed by atoms with van der Waals surface area (Å²) in [6, 6.07) is 0.442. The maximum Gasteiger partial charge on any atom is 0.323 e. The highest BCUT2D eigenvalue weighted by Gasteiger charge is 2.46. The van der Waals surface area contributed by atoms with E-state index in [2.05, 4.69) is 24.1 Å². The zero-order valence-corrected chi connectivity index (χ0v) is 12.5. The number of aliphatic carboxylic acids is 1. The number of rotatable bonds is 3. The van der Waals surface area contributed by atoms with E-state index < -0.39 is 11.5 Å². The van der Waals surface area contributed by atoms with E-state index in [9.17, 15) is 9.90 Å². The van der Waals surface area contributed by atoms with Crippen LogP contribution in [0.1, 0.15) is 52.4 Å². The number of nitrogens with zero attached hydrogens (tertiary/aromatic N) is 1. The second kappa shape index (κ2) is 5.41. The lowest BCUT2D eigenvalue weighted by molar-refractivity contribution is -0.144. The Balaban J connectivity index is 1.99. The molecule has 0 aromatic heterocycles. The van der Waals surface area contributed by atoms with Gasteiger partial charge in [0.05, 0.1) is 0 Å². The zero-order valence-electron chi connectivity index (χ0n) is 12.5. The molecule has 0 aromatic carbocycles. The number of carboxylic acids is 1. The molecule has 2 unspecified atom stereocenters. The van der Waals surface area contributed by atoms with Crippen molar-refractivity contribution in [2.75, 3.05) is 20.1 Å². The zero-order chi connectivity index (χ0) is 14.1. The fourth-order valence-electron chi connectivity index (χ4n) is 3.67. The van der Waals surface area contributed by atoms with Crippen molar-refractivity contribution >= 4 is 5.97 Å². The first-order valence-corrected chi connectivity index (χ1v) is 7.55. The second-order valence-corrected chi connectivity index (χ2v) is 7.09. The quantitative estimate of drug-likeness (QED) is 0.823. The van der Waals surface area contributed by atoms with E-state index >= 15 is 0 Å². The molecule has 1 saturated heterocycles. The van der Waals surface area contributed by atoms with Gasteiger partial charge in [-0.2, -0.15) is 0 Å². The molecule has 2 atom stereocenters. The van der Waals surface area contributed by atoms with Crippen molar-refractivity contribution in [1.82, 2.24) is 10.2 Å². The van der Waals surface area contributed by atoms with Gasteiger partial charge in [-0.25, -0.2) is 0 Å². The number of carbonyl (C=O) groups is 1. The van der Waals surface area contributed by atoms with Crippen LogP contribution < -0.4 is 5.32 Å². The van der Waals surface area contributed by atoms with Crippen LogP contribution in [-0.4, -0.2) is 47.7 Å². The fraction of sp³-hybridized carbons (Fsp3) is 0.933. The van der Waals surface area contributed by atoms with Crippen molar-refractivity contribution in [2.45, 2.75) is 64.0 Å². The molecule has 19 heavy (non-hydrogen) atoms. The predicted molar refractivity (Wildman–Crippen MR) is 76.3 cm³/mol. The van der Waals surface area contributed by atoms with Gasteiger partial charge >= 0.3 is 5.97 Å². The molecule has 2 fully saturated rings. The highest BCUT2D eigenvalue weighted by Crippen LogP contribution is 2.36. The van der Waals surface area contributed by atoms with Crippen LogP contribution >= 0.6 is 0 Å². The van der Waals surface area contributed by atoms with E-state index in [1.165, 1.54) is 19.3 Å². The van der Waals surface area contributed by atoms with E-state index in [0.29, 0.717) is 11.5 Å². The minimum atomic E-state index is -0.688. The van der Waals surface area contributed by atoms with Crippen molar-refractivity contribution in [1.29, 1.82) is 0 Å². The first kappa shape index (κ1) is 14.8. The molecular formula is C15H28N2O2. The highest BCUT2D eigenvalue weighted by atomic mass is 16.4. The predicted octanol–water partition coefficient (Wildman–Crippen LogP) is 2.09. The molecule has 2 aliphatic rings. The molecule has 2 N–H and O–H groups in total. The van der Waals surface area contributed by atoms with Crippen LogP contribution in [0.15, 0.2) is 0 Å². The van der Waals surface area contributed by atoms with Crippen molar-refractivity contribution in [3.8, 4) is 0 Å². The Morgan fingerprint density at radius 3 is 2.58 bits per heavy atom. The SMILES string of the molecule is CNC1(C(=O)O)CCC(N2CCCC(C)(C)CC2)C1. The lowest BCUT2D eigenvalue weighted by atomic mass is 9.85. The molecular weight excluding hydrogens is 240 g/mol. The van der Waals surface area contributed by atoms with Crippen molar-refractivity contribution < 1.29 is 9.90 Å². The third kappa shape index (κ3) is 3.11. The highest BCUT2D eigenvalue weighted by molar-refractivity contribution is 5.79. The molecule has 1 aliphatic heterocycles. The van der Waals surface area contributed by atoms with Gasteiger partial charge in [0.15, 0.2) is 0 Å². The first-order valence-electron chi connectivity index (χ1n) is 7.55. The molecule has 0 bridgehead atoms. The van der Waals surface area contributed by atoms with Crippen LogP contribution in [-0.2, 0) is 4.79 Å². The molecule has 1 saturated carbocycles. The first-order chi connectivity index (χ1) is 8.88. The van der Waals surface area contributed by atoms with Crippen LogP contribution in [0, 0.1) is 5.41 Å². The number of hydrogen-bond acceptors (Lipinski definition) is 3. The third-order valence-electron chi connectivity index (χ3n) is 5.27. The molecule has 2 rings (SSSR count). The molecule has 1 heterocycles. The van der Waals surface area contributed by atoms with Crippen LogP contribution in [0.4, 0.5) is 0 Å². The van der Waals surface area contributed by atoms with Gasteiger partial charge in [0.2, 0.25) is 0 Å². The van der Waals surface area contributed by atoms with Gasteiger partial charge in [-0.1, -0.05) is 13.8 Å². The number of likely N-dealkylation sites (N-methyl/N-ethyl adjacent to an activating group) is 1. The van der Waals surface area contributed by atoms with E-state index in [4.69, 9.17) is 0 Å². The number of nitrogens with one attached hydrogen (secondary N) is 1. The average molecular weight is 268 g/mol. The lowest BCUT2D eigenvalue weighted by Crippen LogP contribution is -2.49. The number of carboxylic acid groups (broad SMARTS) is 1. The van der Waals surface area contributed by atoms with Gasteiger partial charge in [-0.3, -0.25) is 4.79 Å². The van der Waals surface area contributed by atoms with Crippen LogP contribution in [0.2, 0.25) is 0 Å². The Bertz CT molecular complexity index is 343. The smallest absolute Gasteiger partial charge is 0.323 e. The average Bonchev–Trinajstić information content (AvgIpc) is 2.71. The second-order valence-electron chi connectivity index (χ2n) is 7.09. The van der Waals surface area contributed by atoms with E-state index in [1.807, 2.05) is 0 Å². The van der Waals surface area contributed by atoms with Gasteiger partial charge in [-0.15, -0.1) is 0 Å². The molecule has 110 valence electrons. The minimum Gasteiger partial charge on any atom is -0.480 e. The van der Waals surface area contributed by atoms with Gasteiger partial charge < -0.3 is 15.3 Å². The summed E-state index contributed by atoms with van der Waals surface area (Å²) in [6.07, 6.45) is 6.26. The van der Waals surface area contributed by atoms with Crippen molar-refractivity contribution in [3.05, 3.63) is 0 Å². The maximum absolute atomic E-state index is 11.5. The maximum atomic E-state index is 11.5. The van der Waals surface area contributed by atoms with Crippen LogP contribution in [0.5, 0.6) is 0 Å². The largest absolute Gasteiger partial charge is 0.480 e. The third-order valence-corrected chi connectivity index (χ3v) is 5.27. The molecule has 0 aromatic rings. The molecule has 4 nitrogen and oxygen atoms in total.